The SMILES string of the molecule is CN(C)CCCn1ccc2cc(Nc3ccc(C(=O)Nc4ccccc4)cc3)ccc21. The summed E-state index contributed by atoms with van der Waals surface area (Å²) in [5.74, 6) is -0.116. The minimum atomic E-state index is -0.116. The van der Waals surface area contributed by atoms with E-state index in [1.807, 2.05) is 54.6 Å². The molecular formula is C26H28N4O. The molecule has 3 aromatic carbocycles. The van der Waals surface area contributed by atoms with Crippen LogP contribution in [0.1, 0.15) is 16.8 Å². The zero-order valence-corrected chi connectivity index (χ0v) is 18.0. The number of carbonyl (C=O) groups is 1. The van der Waals surface area contributed by atoms with Crippen LogP contribution in [0.15, 0.2) is 85.1 Å². The summed E-state index contributed by atoms with van der Waals surface area (Å²) in [7, 11) is 4.21. The van der Waals surface area contributed by atoms with Crippen molar-refractivity contribution >= 4 is 33.9 Å². The number of hydrogen-bond acceptors (Lipinski definition) is 3. The van der Waals surface area contributed by atoms with Gasteiger partial charge in [0.15, 0.2) is 0 Å². The number of hydrogen-bond donors (Lipinski definition) is 2. The van der Waals surface area contributed by atoms with Gasteiger partial charge in [-0.15, -0.1) is 0 Å². The molecule has 0 spiro atoms. The van der Waals surface area contributed by atoms with Gasteiger partial charge >= 0.3 is 0 Å². The molecule has 0 fully saturated rings. The summed E-state index contributed by atoms with van der Waals surface area (Å²) >= 11 is 0. The van der Waals surface area contributed by atoms with Gasteiger partial charge in [0, 0.05) is 46.3 Å². The van der Waals surface area contributed by atoms with Gasteiger partial charge in [0.05, 0.1) is 0 Å². The van der Waals surface area contributed by atoms with Gasteiger partial charge in [0.25, 0.3) is 5.91 Å². The Hall–Kier alpha value is -3.57. The molecule has 0 saturated carbocycles. The van der Waals surface area contributed by atoms with Crippen LogP contribution in [0.4, 0.5) is 17.1 Å². The van der Waals surface area contributed by atoms with E-state index in [1.54, 1.807) is 0 Å². The molecule has 5 heteroatoms. The van der Waals surface area contributed by atoms with Gasteiger partial charge in [-0.1, -0.05) is 18.2 Å². The van der Waals surface area contributed by atoms with Gasteiger partial charge in [-0.25, -0.2) is 0 Å². The van der Waals surface area contributed by atoms with Crippen molar-refractivity contribution < 1.29 is 4.79 Å². The van der Waals surface area contributed by atoms with Crippen molar-refractivity contribution in [3.8, 4) is 0 Å². The standard InChI is InChI=1S/C26H28N4O/c1-29(2)16-6-17-30-18-15-21-19-24(13-14-25(21)30)27-23-11-9-20(10-12-23)26(31)28-22-7-4-3-5-8-22/h3-5,7-15,18-19,27H,6,16-17H2,1-2H3,(H,28,31). The maximum absolute atomic E-state index is 12.4. The van der Waals surface area contributed by atoms with E-state index in [0.717, 1.165) is 36.6 Å². The van der Waals surface area contributed by atoms with Crippen LogP contribution in [0.5, 0.6) is 0 Å². The number of rotatable bonds is 8. The summed E-state index contributed by atoms with van der Waals surface area (Å²) < 4.78 is 2.31. The molecule has 0 saturated heterocycles. The number of aromatic nitrogens is 1. The number of anilines is 3. The molecular weight excluding hydrogens is 384 g/mol. The number of benzene rings is 3. The monoisotopic (exact) mass is 412 g/mol. The molecule has 158 valence electrons. The molecule has 2 N–H and O–H groups in total. The van der Waals surface area contributed by atoms with E-state index in [4.69, 9.17) is 0 Å². The Morgan fingerprint density at radius 1 is 0.871 bits per heavy atom. The molecule has 1 heterocycles. The topological polar surface area (TPSA) is 49.3 Å². The van der Waals surface area contributed by atoms with Gasteiger partial charge in [0.2, 0.25) is 0 Å². The van der Waals surface area contributed by atoms with Crippen molar-refractivity contribution in [2.45, 2.75) is 13.0 Å². The number of amides is 1. The zero-order chi connectivity index (χ0) is 21.6. The highest BCUT2D eigenvalue weighted by Gasteiger charge is 2.07. The molecule has 0 aliphatic carbocycles. The van der Waals surface area contributed by atoms with Crippen LogP contribution < -0.4 is 10.6 Å². The van der Waals surface area contributed by atoms with Crippen molar-refractivity contribution in [1.29, 1.82) is 0 Å². The van der Waals surface area contributed by atoms with Crippen LogP contribution in [0.3, 0.4) is 0 Å². The number of nitrogens with zero attached hydrogens (tertiary/aromatic N) is 2. The molecule has 31 heavy (non-hydrogen) atoms. The zero-order valence-electron chi connectivity index (χ0n) is 18.0. The lowest BCUT2D eigenvalue weighted by atomic mass is 10.1. The third kappa shape index (κ3) is 5.32. The van der Waals surface area contributed by atoms with Crippen LogP contribution in [0, 0.1) is 0 Å². The fourth-order valence-corrected chi connectivity index (χ4v) is 3.63. The number of fused-ring (bicyclic) bond motifs is 1. The summed E-state index contributed by atoms with van der Waals surface area (Å²) in [6.07, 6.45) is 3.28. The molecule has 4 aromatic rings. The summed E-state index contributed by atoms with van der Waals surface area (Å²) in [4.78, 5) is 14.6. The Morgan fingerprint density at radius 3 is 2.35 bits per heavy atom. The average molecular weight is 413 g/mol. The first-order valence-corrected chi connectivity index (χ1v) is 10.6. The molecule has 1 amide bonds. The Labute approximate surface area is 183 Å². The first-order valence-electron chi connectivity index (χ1n) is 10.6. The predicted molar refractivity (Wildman–Crippen MR) is 129 cm³/mol. The lowest BCUT2D eigenvalue weighted by molar-refractivity contribution is 0.102. The van der Waals surface area contributed by atoms with E-state index in [9.17, 15) is 4.79 Å². The van der Waals surface area contributed by atoms with E-state index in [2.05, 4.69) is 64.7 Å². The van der Waals surface area contributed by atoms with E-state index in [1.165, 1.54) is 10.9 Å². The predicted octanol–water partition coefficient (Wildman–Crippen LogP) is 5.59. The Balaban J connectivity index is 1.40. The Kier molecular flexibility index (Phi) is 6.34. The second-order valence-electron chi connectivity index (χ2n) is 7.96. The van der Waals surface area contributed by atoms with Gasteiger partial charge in [-0.2, -0.15) is 0 Å². The summed E-state index contributed by atoms with van der Waals surface area (Å²) in [5, 5.41) is 7.55. The second-order valence-corrected chi connectivity index (χ2v) is 7.96. The van der Waals surface area contributed by atoms with Crippen molar-refractivity contribution in [3.63, 3.8) is 0 Å². The molecule has 4 rings (SSSR count). The van der Waals surface area contributed by atoms with Crippen LogP contribution in [-0.2, 0) is 6.54 Å². The van der Waals surface area contributed by atoms with Crippen LogP contribution in [0.2, 0.25) is 0 Å². The molecule has 0 aliphatic rings. The molecule has 0 aliphatic heterocycles. The number of para-hydroxylation sites is 1. The fourth-order valence-electron chi connectivity index (χ4n) is 3.63. The van der Waals surface area contributed by atoms with Gasteiger partial charge in [-0.3, -0.25) is 4.79 Å². The number of carbonyl (C=O) groups excluding carboxylic acids is 1. The van der Waals surface area contributed by atoms with Gasteiger partial charge in [-0.05, 0) is 87.7 Å². The highest BCUT2D eigenvalue weighted by molar-refractivity contribution is 6.04. The molecule has 1 aromatic heterocycles. The van der Waals surface area contributed by atoms with E-state index in [0.29, 0.717) is 5.56 Å². The highest BCUT2D eigenvalue weighted by Crippen LogP contribution is 2.24. The molecule has 0 unspecified atom stereocenters. The smallest absolute Gasteiger partial charge is 0.255 e. The number of aryl methyl sites for hydroxylation is 1. The van der Waals surface area contributed by atoms with Gasteiger partial charge in [0.1, 0.15) is 0 Å². The normalized spacial score (nSPS) is 11.1. The van der Waals surface area contributed by atoms with Crippen LogP contribution in [-0.4, -0.2) is 36.0 Å². The van der Waals surface area contributed by atoms with E-state index >= 15 is 0 Å². The first kappa shape index (κ1) is 20.7. The van der Waals surface area contributed by atoms with Crippen LogP contribution >= 0.6 is 0 Å². The maximum atomic E-state index is 12.4. The fraction of sp³-hybridized carbons (Fsp3) is 0.192. The quantitative estimate of drug-likeness (QED) is 0.397. The summed E-state index contributed by atoms with van der Waals surface area (Å²) in [6, 6.07) is 25.6. The Bertz CT molecular complexity index is 1150. The number of nitrogens with one attached hydrogen (secondary N) is 2. The summed E-state index contributed by atoms with van der Waals surface area (Å²) in [6.45, 7) is 2.10. The second kappa shape index (κ2) is 9.49. The molecule has 0 bridgehead atoms. The summed E-state index contributed by atoms with van der Waals surface area (Å²) in [5.41, 5.74) is 4.63. The third-order valence-electron chi connectivity index (χ3n) is 5.24. The molecule has 0 radical (unpaired) electrons. The third-order valence-corrected chi connectivity index (χ3v) is 5.24. The van der Waals surface area contributed by atoms with E-state index < -0.39 is 0 Å². The van der Waals surface area contributed by atoms with Gasteiger partial charge < -0.3 is 20.1 Å². The highest BCUT2D eigenvalue weighted by atomic mass is 16.1. The Morgan fingerprint density at radius 2 is 1.61 bits per heavy atom. The maximum Gasteiger partial charge on any atom is 0.255 e. The molecule has 0 atom stereocenters. The lowest BCUT2D eigenvalue weighted by Crippen LogP contribution is -2.14. The molecule has 5 nitrogen and oxygen atoms in total. The minimum Gasteiger partial charge on any atom is -0.356 e. The first-order chi connectivity index (χ1) is 15.1. The van der Waals surface area contributed by atoms with Crippen molar-refractivity contribution in [2.75, 3.05) is 31.3 Å². The lowest BCUT2D eigenvalue weighted by Gasteiger charge is -2.11. The largest absolute Gasteiger partial charge is 0.356 e. The van der Waals surface area contributed by atoms with Crippen molar-refractivity contribution in [3.05, 3.63) is 90.6 Å². The van der Waals surface area contributed by atoms with E-state index in [-0.39, 0.29) is 5.91 Å². The minimum absolute atomic E-state index is 0.116. The van der Waals surface area contributed by atoms with Crippen molar-refractivity contribution in [2.24, 2.45) is 0 Å². The van der Waals surface area contributed by atoms with Crippen molar-refractivity contribution in [1.82, 2.24) is 9.47 Å². The van der Waals surface area contributed by atoms with Crippen LogP contribution in [0.25, 0.3) is 10.9 Å². The average Bonchev–Trinajstić information content (AvgIpc) is 3.17.